The Morgan fingerprint density at radius 1 is 1.43 bits per heavy atom. The van der Waals surface area contributed by atoms with Gasteiger partial charge in [-0.1, -0.05) is 0 Å². The lowest BCUT2D eigenvalue weighted by molar-refractivity contribution is -0.145. The Bertz CT molecular complexity index is 751. The van der Waals surface area contributed by atoms with Crippen molar-refractivity contribution < 1.29 is 14.6 Å². The van der Waals surface area contributed by atoms with E-state index in [1.165, 1.54) is 0 Å². The summed E-state index contributed by atoms with van der Waals surface area (Å²) in [7, 11) is 1.87. The summed E-state index contributed by atoms with van der Waals surface area (Å²) >= 11 is 0. The summed E-state index contributed by atoms with van der Waals surface area (Å²) in [4.78, 5) is 21.1. The van der Waals surface area contributed by atoms with Crippen molar-refractivity contribution in [1.29, 1.82) is 0 Å². The Morgan fingerprint density at radius 3 is 2.96 bits per heavy atom. The molecule has 1 amide bonds. The van der Waals surface area contributed by atoms with Crippen LogP contribution < -0.4 is 5.32 Å². The summed E-state index contributed by atoms with van der Waals surface area (Å²) in [5.74, 6) is -0.159. The number of amides is 1. The Labute approximate surface area is 133 Å². The number of hydrogen-bond acceptors (Lipinski definition) is 5. The summed E-state index contributed by atoms with van der Waals surface area (Å²) < 4.78 is 7.21. The molecule has 2 aromatic rings. The number of carbonyl (C=O) groups is 1. The lowest BCUT2D eigenvalue weighted by Gasteiger charge is -2.55. The van der Waals surface area contributed by atoms with Crippen LogP contribution >= 0.6 is 0 Å². The monoisotopic (exact) mass is 316 g/mol. The first kappa shape index (κ1) is 14.6. The zero-order valence-corrected chi connectivity index (χ0v) is 13.0. The summed E-state index contributed by atoms with van der Waals surface area (Å²) in [5.41, 5.74) is 1.73. The number of nitrogens with one attached hydrogen (secondary N) is 1. The van der Waals surface area contributed by atoms with E-state index in [1.807, 2.05) is 11.6 Å². The molecule has 2 aromatic heterocycles. The van der Waals surface area contributed by atoms with Gasteiger partial charge in [0, 0.05) is 37.9 Å². The number of aliphatic hydroxyl groups is 1. The maximum Gasteiger partial charge on any atom is 0.253 e. The number of hydrogen-bond donors (Lipinski definition) is 2. The quantitative estimate of drug-likeness (QED) is 0.848. The fourth-order valence-corrected chi connectivity index (χ4v) is 3.78. The van der Waals surface area contributed by atoms with Crippen molar-refractivity contribution in [3.8, 4) is 0 Å². The van der Waals surface area contributed by atoms with Gasteiger partial charge < -0.3 is 19.7 Å². The number of pyridine rings is 1. The van der Waals surface area contributed by atoms with E-state index >= 15 is 0 Å². The first-order valence-corrected chi connectivity index (χ1v) is 7.94. The minimum absolute atomic E-state index is 0.00618. The molecule has 0 radical (unpaired) electrons. The van der Waals surface area contributed by atoms with Gasteiger partial charge in [0.15, 0.2) is 5.65 Å². The highest BCUT2D eigenvalue weighted by Gasteiger charge is 2.55. The third-order valence-corrected chi connectivity index (χ3v) is 5.36. The van der Waals surface area contributed by atoms with E-state index < -0.39 is 0 Å². The molecule has 2 fully saturated rings. The predicted molar refractivity (Wildman–Crippen MR) is 82.9 cm³/mol. The van der Waals surface area contributed by atoms with Crippen molar-refractivity contribution in [3.05, 3.63) is 24.2 Å². The molecule has 1 saturated heterocycles. The number of aliphatic hydroxyl groups excluding tert-OH is 1. The zero-order chi connectivity index (χ0) is 16.0. The Hall–Kier alpha value is -1.99. The molecule has 0 bridgehead atoms. The van der Waals surface area contributed by atoms with Gasteiger partial charge in [0.2, 0.25) is 0 Å². The minimum Gasteiger partial charge on any atom is -0.392 e. The predicted octanol–water partition coefficient (Wildman–Crippen LogP) is 0.628. The van der Waals surface area contributed by atoms with E-state index in [0.717, 1.165) is 18.5 Å². The zero-order valence-electron chi connectivity index (χ0n) is 13.0. The van der Waals surface area contributed by atoms with Crippen molar-refractivity contribution in [2.45, 2.75) is 31.4 Å². The van der Waals surface area contributed by atoms with Crippen molar-refractivity contribution in [1.82, 2.24) is 19.9 Å². The number of rotatable bonds is 2. The van der Waals surface area contributed by atoms with Gasteiger partial charge in [-0.15, -0.1) is 0 Å². The van der Waals surface area contributed by atoms with Crippen LogP contribution in [0.4, 0.5) is 0 Å². The molecular weight excluding hydrogens is 296 g/mol. The van der Waals surface area contributed by atoms with Crippen molar-refractivity contribution in [2.75, 3.05) is 13.2 Å². The number of nitrogens with zero attached hydrogens (tertiary/aromatic N) is 3. The molecule has 2 atom stereocenters. The standard InChI is InChI=1S/C16H20N4O3/c1-20-9-18-11-6-10(8-17-14(11)20)15(22)19-12-7-13(21)16(12)2-4-23-5-3-16/h6,8-9,12-13,21H,2-5,7H2,1H3,(H,19,22)/t12-,13-/m1/s1. The summed E-state index contributed by atoms with van der Waals surface area (Å²) in [6, 6.07) is 1.75. The molecule has 7 nitrogen and oxygen atoms in total. The average molecular weight is 316 g/mol. The molecule has 23 heavy (non-hydrogen) atoms. The van der Waals surface area contributed by atoms with E-state index in [1.54, 1.807) is 18.6 Å². The smallest absolute Gasteiger partial charge is 0.253 e. The highest BCUT2D eigenvalue weighted by atomic mass is 16.5. The lowest BCUT2D eigenvalue weighted by atomic mass is 9.58. The largest absolute Gasteiger partial charge is 0.392 e. The van der Waals surface area contributed by atoms with Gasteiger partial charge in [0.05, 0.1) is 18.0 Å². The maximum absolute atomic E-state index is 12.5. The fourth-order valence-electron chi connectivity index (χ4n) is 3.78. The highest BCUT2D eigenvalue weighted by molar-refractivity contribution is 5.96. The van der Waals surface area contributed by atoms with Crippen LogP contribution in [0.25, 0.3) is 11.2 Å². The molecule has 4 rings (SSSR count). The summed E-state index contributed by atoms with van der Waals surface area (Å²) in [6.07, 6.45) is 5.08. The van der Waals surface area contributed by atoms with E-state index in [0.29, 0.717) is 30.7 Å². The van der Waals surface area contributed by atoms with Crippen molar-refractivity contribution >= 4 is 17.1 Å². The molecule has 0 aromatic carbocycles. The molecule has 7 heteroatoms. The second-order valence-electron chi connectivity index (χ2n) is 6.55. The SMILES string of the molecule is Cn1cnc2cc(C(=O)N[C@@H]3C[C@@H](O)C34CCOCC4)cnc21. The molecule has 2 aliphatic rings. The van der Waals surface area contributed by atoms with Gasteiger partial charge in [-0.05, 0) is 25.3 Å². The second-order valence-corrected chi connectivity index (χ2v) is 6.55. The number of aromatic nitrogens is 3. The molecule has 1 spiro atoms. The van der Waals surface area contributed by atoms with Crippen LogP contribution in [0.1, 0.15) is 29.6 Å². The van der Waals surface area contributed by atoms with Crippen LogP contribution in [0.2, 0.25) is 0 Å². The molecule has 0 unspecified atom stereocenters. The molecule has 1 aliphatic carbocycles. The Morgan fingerprint density at radius 2 is 2.22 bits per heavy atom. The fraction of sp³-hybridized carbons (Fsp3) is 0.562. The van der Waals surface area contributed by atoms with Gasteiger partial charge in [0.1, 0.15) is 5.52 Å². The Balaban J connectivity index is 1.52. The number of fused-ring (bicyclic) bond motifs is 1. The molecule has 3 heterocycles. The van der Waals surface area contributed by atoms with Crippen LogP contribution in [0, 0.1) is 5.41 Å². The van der Waals surface area contributed by atoms with Crippen LogP contribution in [0.5, 0.6) is 0 Å². The van der Waals surface area contributed by atoms with E-state index in [9.17, 15) is 9.90 Å². The van der Waals surface area contributed by atoms with Gasteiger partial charge in [-0.3, -0.25) is 4.79 Å². The van der Waals surface area contributed by atoms with Gasteiger partial charge >= 0.3 is 0 Å². The van der Waals surface area contributed by atoms with Crippen LogP contribution in [-0.4, -0.2) is 50.9 Å². The second kappa shape index (κ2) is 5.28. The first-order chi connectivity index (χ1) is 11.1. The number of imidazole rings is 1. The van der Waals surface area contributed by atoms with Crippen LogP contribution in [0.3, 0.4) is 0 Å². The first-order valence-electron chi connectivity index (χ1n) is 7.94. The molecule has 1 aliphatic heterocycles. The van der Waals surface area contributed by atoms with Gasteiger partial charge in [-0.2, -0.15) is 0 Å². The minimum atomic E-state index is -0.354. The topological polar surface area (TPSA) is 89.3 Å². The number of aryl methyl sites for hydroxylation is 1. The Kier molecular flexibility index (Phi) is 3.35. The molecule has 2 N–H and O–H groups in total. The normalized spacial score (nSPS) is 26.2. The third-order valence-electron chi connectivity index (χ3n) is 5.36. The molecule has 122 valence electrons. The van der Waals surface area contributed by atoms with E-state index in [2.05, 4.69) is 15.3 Å². The van der Waals surface area contributed by atoms with Gasteiger partial charge in [0.25, 0.3) is 5.91 Å². The van der Waals surface area contributed by atoms with Crippen molar-refractivity contribution in [3.63, 3.8) is 0 Å². The maximum atomic E-state index is 12.5. The van der Waals surface area contributed by atoms with Gasteiger partial charge in [-0.25, -0.2) is 9.97 Å². The number of ether oxygens (including phenoxy) is 1. The third kappa shape index (κ3) is 2.22. The van der Waals surface area contributed by atoms with E-state index in [4.69, 9.17) is 4.74 Å². The summed E-state index contributed by atoms with van der Waals surface area (Å²) in [6.45, 7) is 1.29. The number of carbonyl (C=O) groups excluding carboxylic acids is 1. The summed E-state index contributed by atoms with van der Waals surface area (Å²) in [5, 5.41) is 13.3. The van der Waals surface area contributed by atoms with Crippen LogP contribution in [-0.2, 0) is 11.8 Å². The molecular formula is C16H20N4O3. The lowest BCUT2D eigenvalue weighted by Crippen LogP contribution is -2.65. The molecule has 1 saturated carbocycles. The van der Waals surface area contributed by atoms with Crippen molar-refractivity contribution in [2.24, 2.45) is 12.5 Å². The van der Waals surface area contributed by atoms with E-state index in [-0.39, 0.29) is 23.5 Å². The average Bonchev–Trinajstić information content (AvgIpc) is 2.96. The van der Waals surface area contributed by atoms with Crippen LogP contribution in [0.15, 0.2) is 18.6 Å². The highest BCUT2D eigenvalue weighted by Crippen LogP contribution is 2.49.